The third kappa shape index (κ3) is 10.6. The van der Waals surface area contributed by atoms with Crippen LogP contribution in [0, 0.1) is 5.41 Å². The topological polar surface area (TPSA) is 0 Å². The summed E-state index contributed by atoms with van der Waals surface area (Å²) in [5.74, 6) is 0. The third-order valence-corrected chi connectivity index (χ3v) is 15.9. The summed E-state index contributed by atoms with van der Waals surface area (Å²) in [4.78, 5) is 0. The average Bonchev–Trinajstić information content (AvgIpc) is 2.88. The van der Waals surface area contributed by atoms with E-state index in [0.717, 1.165) is 0 Å². The van der Waals surface area contributed by atoms with Crippen molar-refractivity contribution >= 4 is 7.26 Å². The molecule has 35 heavy (non-hydrogen) atoms. The summed E-state index contributed by atoms with van der Waals surface area (Å²) < 4.78 is 0. The first-order chi connectivity index (χ1) is 17.0. The second-order valence-electron chi connectivity index (χ2n) is 12.2. The maximum atomic E-state index is 2.47. The summed E-state index contributed by atoms with van der Waals surface area (Å²) in [5, 5.41) is 0.644. The van der Waals surface area contributed by atoms with E-state index in [9.17, 15) is 0 Å². The van der Waals surface area contributed by atoms with E-state index in [1.807, 2.05) is 0 Å². The zero-order valence-electron chi connectivity index (χ0n) is 26.4. The quantitative estimate of drug-likeness (QED) is 0.101. The molecular weight excluding hydrogens is 439 g/mol. The SMILES string of the molecule is CCCCC(CCCC)(CCCC)C(CCCC)(CCCC)[P+](CCCC)(CCCC)CCCC. The minimum Gasteiger partial charge on any atom is -0.0654 e. The fraction of sp³-hybridized carbons (Fsp3) is 1.00. The van der Waals surface area contributed by atoms with E-state index in [2.05, 4.69) is 55.4 Å². The van der Waals surface area contributed by atoms with Crippen molar-refractivity contribution in [2.75, 3.05) is 18.5 Å². The zero-order valence-corrected chi connectivity index (χ0v) is 27.3. The standard InChI is InChI=1S/C34H72P/c1-9-17-25-33(26-18-10-2,27-19-11-3)34(28-20-12-4,29-21-13-5)35(30-22-14-6,31-23-15-7)32-24-16-8/h9-32H2,1-8H3/q+1. The number of unbranched alkanes of at least 4 members (excludes halogenated alkanes) is 8. The van der Waals surface area contributed by atoms with Gasteiger partial charge in [-0.2, -0.15) is 0 Å². The molecular formula is C34H72P+. The van der Waals surface area contributed by atoms with Crippen molar-refractivity contribution in [3.05, 3.63) is 0 Å². The van der Waals surface area contributed by atoms with Gasteiger partial charge in [-0.1, -0.05) is 126 Å². The zero-order chi connectivity index (χ0) is 26.5. The van der Waals surface area contributed by atoms with E-state index in [4.69, 9.17) is 0 Å². The van der Waals surface area contributed by atoms with Crippen LogP contribution in [0.4, 0.5) is 0 Å². The molecule has 0 heterocycles. The Morgan fingerprint density at radius 2 is 0.600 bits per heavy atom. The maximum Gasteiger partial charge on any atom is 0.0855 e. The second-order valence-corrected chi connectivity index (χ2v) is 16.7. The van der Waals surface area contributed by atoms with Gasteiger partial charge in [0, 0.05) is 12.7 Å². The van der Waals surface area contributed by atoms with Gasteiger partial charge < -0.3 is 0 Å². The van der Waals surface area contributed by atoms with Crippen LogP contribution >= 0.6 is 7.26 Å². The highest BCUT2D eigenvalue weighted by Crippen LogP contribution is 2.79. The first kappa shape index (κ1) is 35.4. The summed E-state index contributed by atoms with van der Waals surface area (Å²) in [7, 11) is -1.09. The third-order valence-electron chi connectivity index (χ3n) is 9.63. The molecule has 0 rings (SSSR count). The molecule has 0 radical (unpaired) electrons. The van der Waals surface area contributed by atoms with Crippen LogP contribution in [0.3, 0.4) is 0 Å². The highest BCUT2D eigenvalue weighted by Gasteiger charge is 2.64. The van der Waals surface area contributed by atoms with E-state index >= 15 is 0 Å². The molecule has 0 aromatic rings. The summed E-state index contributed by atoms with van der Waals surface area (Å²) >= 11 is 0. The minimum absolute atomic E-state index is 0.600. The van der Waals surface area contributed by atoms with Crippen LogP contribution in [0.25, 0.3) is 0 Å². The Morgan fingerprint density at radius 1 is 0.343 bits per heavy atom. The van der Waals surface area contributed by atoms with Crippen LogP contribution < -0.4 is 0 Å². The van der Waals surface area contributed by atoms with Gasteiger partial charge in [-0.3, -0.25) is 0 Å². The normalized spacial score (nSPS) is 13.0. The van der Waals surface area contributed by atoms with Crippen LogP contribution in [0.1, 0.15) is 190 Å². The molecule has 0 N–H and O–H groups in total. The molecule has 0 aliphatic carbocycles. The van der Waals surface area contributed by atoms with Crippen LogP contribution in [0.2, 0.25) is 0 Å². The lowest BCUT2D eigenvalue weighted by Crippen LogP contribution is -2.52. The van der Waals surface area contributed by atoms with Crippen molar-refractivity contribution in [1.82, 2.24) is 0 Å². The van der Waals surface area contributed by atoms with Crippen molar-refractivity contribution in [3.8, 4) is 0 Å². The van der Waals surface area contributed by atoms with E-state index < -0.39 is 7.26 Å². The molecule has 0 amide bonds. The maximum absolute atomic E-state index is 2.47. The smallest absolute Gasteiger partial charge is 0.0654 e. The van der Waals surface area contributed by atoms with Crippen molar-refractivity contribution in [1.29, 1.82) is 0 Å². The lowest BCUT2D eigenvalue weighted by molar-refractivity contribution is 0.105. The lowest BCUT2D eigenvalue weighted by atomic mass is 9.62. The summed E-state index contributed by atoms with van der Waals surface area (Å²) in [6.07, 6.45) is 35.4. The van der Waals surface area contributed by atoms with Crippen molar-refractivity contribution in [2.24, 2.45) is 5.41 Å². The minimum atomic E-state index is -1.09. The lowest BCUT2D eigenvalue weighted by Gasteiger charge is -2.58. The van der Waals surface area contributed by atoms with Gasteiger partial charge in [0.05, 0.1) is 23.6 Å². The first-order valence-corrected chi connectivity index (χ1v) is 19.2. The Bertz CT molecular complexity index is 368. The van der Waals surface area contributed by atoms with Crippen LogP contribution in [-0.2, 0) is 0 Å². The molecule has 0 nitrogen and oxygen atoms in total. The Labute approximate surface area is 226 Å². The summed E-state index contributed by atoms with van der Waals surface area (Å²) in [6.45, 7) is 19.7. The molecule has 0 bridgehead atoms. The van der Waals surface area contributed by atoms with Gasteiger partial charge in [0.2, 0.25) is 0 Å². The van der Waals surface area contributed by atoms with Crippen LogP contribution in [0.15, 0.2) is 0 Å². The van der Waals surface area contributed by atoms with Crippen LogP contribution in [0.5, 0.6) is 0 Å². The second kappa shape index (κ2) is 21.4. The molecule has 0 saturated heterocycles. The fourth-order valence-electron chi connectivity index (χ4n) is 7.55. The molecule has 0 aliphatic rings. The van der Waals surface area contributed by atoms with Crippen molar-refractivity contribution in [3.63, 3.8) is 0 Å². The molecule has 0 aliphatic heterocycles. The van der Waals surface area contributed by atoms with Gasteiger partial charge in [-0.15, -0.1) is 0 Å². The monoisotopic (exact) mass is 512 g/mol. The van der Waals surface area contributed by atoms with Crippen LogP contribution in [-0.4, -0.2) is 23.6 Å². The van der Waals surface area contributed by atoms with Gasteiger partial charge in [-0.25, -0.2) is 0 Å². The largest absolute Gasteiger partial charge is 0.0855 e. The van der Waals surface area contributed by atoms with E-state index in [0.29, 0.717) is 10.6 Å². The highest BCUT2D eigenvalue weighted by atomic mass is 31.2. The predicted molar refractivity (Wildman–Crippen MR) is 169 cm³/mol. The van der Waals surface area contributed by atoms with Gasteiger partial charge in [0.25, 0.3) is 0 Å². The number of rotatable bonds is 26. The van der Waals surface area contributed by atoms with Crippen molar-refractivity contribution in [2.45, 2.75) is 195 Å². The summed E-state index contributed by atoms with van der Waals surface area (Å²) in [6, 6.07) is 0. The Hall–Kier alpha value is 0.430. The number of hydrogen-bond donors (Lipinski definition) is 0. The molecule has 0 aromatic heterocycles. The Balaban J connectivity index is 7.30. The molecule has 1 heteroatoms. The van der Waals surface area contributed by atoms with Gasteiger partial charge >= 0.3 is 0 Å². The molecule has 0 unspecified atom stereocenters. The Morgan fingerprint density at radius 3 is 0.857 bits per heavy atom. The number of hydrogen-bond acceptors (Lipinski definition) is 0. The molecule has 0 aromatic carbocycles. The van der Waals surface area contributed by atoms with Gasteiger partial charge in [-0.05, 0) is 64.2 Å². The van der Waals surface area contributed by atoms with Crippen molar-refractivity contribution < 1.29 is 0 Å². The van der Waals surface area contributed by atoms with E-state index in [-0.39, 0.29) is 0 Å². The summed E-state index contributed by atoms with van der Waals surface area (Å²) in [5.41, 5.74) is 0.600. The molecule has 0 fully saturated rings. The Kier molecular flexibility index (Phi) is 21.6. The average molecular weight is 512 g/mol. The fourth-order valence-corrected chi connectivity index (χ4v) is 14.9. The van der Waals surface area contributed by atoms with Gasteiger partial charge in [0.15, 0.2) is 0 Å². The molecule has 212 valence electrons. The van der Waals surface area contributed by atoms with Gasteiger partial charge in [0.1, 0.15) is 0 Å². The molecule has 0 spiro atoms. The first-order valence-electron chi connectivity index (χ1n) is 16.8. The van der Waals surface area contributed by atoms with E-state index in [1.54, 1.807) is 31.3 Å². The molecule has 0 saturated carbocycles. The molecule has 0 atom stereocenters. The predicted octanol–water partition coefficient (Wildman–Crippen LogP) is 13.1. The highest BCUT2D eigenvalue weighted by molar-refractivity contribution is 7.77. The van der Waals surface area contributed by atoms with E-state index in [1.165, 1.54) is 122 Å².